The third kappa shape index (κ3) is 2.33. The molecule has 1 saturated carbocycles. The van der Waals surface area contributed by atoms with Crippen LogP contribution in [0.4, 0.5) is 15.9 Å². The van der Waals surface area contributed by atoms with Crippen molar-refractivity contribution < 1.29 is 4.39 Å². The highest BCUT2D eigenvalue weighted by molar-refractivity contribution is 5.90. The zero-order valence-corrected chi connectivity index (χ0v) is 11.4. The Morgan fingerprint density at radius 3 is 2.52 bits per heavy atom. The van der Waals surface area contributed by atoms with Crippen LogP contribution in [-0.4, -0.2) is 9.97 Å². The maximum absolute atomic E-state index is 13.8. The maximum Gasteiger partial charge on any atom is 0.146 e. The van der Waals surface area contributed by atoms with E-state index in [-0.39, 0.29) is 5.82 Å². The number of nitrogens with one attached hydrogen (secondary N) is 1. The van der Waals surface area contributed by atoms with Gasteiger partial charge >= 0.3 is 0 Å². The van der Waals surface area contributed by atoms with Crippen molar-refractivity contribution in [2.24, 2.45) is 0 Å². The summed E-state index contributed by atoms with van der Waals surface area (Å²) < 4.78 is 13.8. The number of aromatic nitrogens is 2. The molecule has 1 aliphatic carbocycles. The van der Waals surface area contributed by atoms with Gasteiger partial charge < -0.3 is 5.32 Å². The Labute approximate surface area is 121 Å². The molecular weight excluding hydrogens is 265 g/mol. The Hall–Kier alpha value is -2.49. The lowest BCUT2D eigenvalue weighted by Crippen LogP contribution is -2.02. The molecule has 0 atom stereocenters. The van der Waals surface area contributed by atoms with E-state index in [9.17, 15) is 4.39 Å². The van der Waals surface area contributed by atoms with E-state index < -0.39 is 0 Å². The highest BCUT2D eigenvalue weighted by atomic mass is 19.1. The average Bonchev–Trinajstić information content (AvgIpc) is 3.34. The summed E-state index contributed by atoms with van der Waals surface area (Å²) in [4.78, 5) is 9.23. The Morgan fingerprint density at radius 2 is 1.71 bits per heavy atom. The van der Waals surface area contributed by atoms with Gasteiger partial charge in [-0.3, -0.25) is 0 Å². The number of para-hydroxylation sites is 2. The molecule has 0 saturated heterocycles. The zero-order chi connectivity index (χ0) is 14.2. The minimum Gasteiger partial charge on any atom is -0.337 e. The largest absolute Gasteiger partial charge is 0.337 e. The highest BCUT2D eigenvalue weighted by Gasteiger charge is 2.27. The molecule has 4 heteroatoms. The van der Waals surface area contributed by atoms with Crippen LogP contribution in [0.3, 0.4) is 0 Å². The molecule has 4 rings (SSSR count). The molecule has 3 nitrogen and oxygen atoms in total. The summed E-state index contributed by atoms with van der Waals surface area (Å²) in [6, 6.07) is 14.4. The van der Waals surface area contributed by atoms with E-state index in [1.165, 1.54) is 6.07 Å². The van der Waals surface area contributed by atoms with Crippen LogP contribution in [-0.2, 0) is 0 Å². The highest BCUT2D eigenvalue weighted by Crippen LogP contribution is 2.39. The fourth-order valence-electron chi connectivity index (χ4n) is 2.40. The van der Waals surface area contributed by atoms with Gasteiger partial charge in [0, 0.05) is 11.3 Å². The third-order valence-electron chi connectivity index (χ3n) is 3.69. The molecule has 0 spiro atoms. The van der Waals surface area contributed by atoms with E-state index >= 15 is 0 Å². The SMILES string of the molecule is Fc1ccccc1Nc1nc(C2CC2)nc2ccccc12. The van der Waals surface area contributed by atoms with Crippen molar-refractivity contribution in [3.63, 3.8) is 0 Å². The molecule has 3 aromatic rings. The topological polar surface area (TPSA) is 37.8 Å². The second kappa shape index (κ2) is 4.81. The summed E-state index contributed by atoms with van der Waals surface area (Å²) in [5.41, 5.74) is 1.33. The fourth-order valence-corrected chi connectivity index (χ4v) is 2.40. The first-order valence-electron chi connectivity index (χ1n) is 7.09. The normalized spacial score (nSPS) is 14.3. The monoisotopic (exact) mass is 279 g/mol. The number of hydrogen-bond donors (Lipinski definition) is 1. The van der Waals surface area contributed by atoms with Crippen LogP contribution in [0.2, 0.25) is 0 Å². The van der Waals surface area contributed by atoms with Crippen LogP contribution in [0.1, 0.15) is 24.6 Å². The van der Waals surface area contributed by atoms with Crippen LogP contribution >= 0.6 is 0 Å². The Kier molecular flexibility index (Phi) is 2.81. The minimum atomic E-state index is -0.284. The number of rotatable bonds is 3. The van der Waals surface area contributed by atoms with Gasteiger partial charge in [0.25, 0.3) is 0 Å². The van der Waals surface area contributed by atoms with Gasteiger partial charge in [-0.2, -0.15) is 0 Å². The first kappa shape index (κ1) is 12.3. The number of benzene rings is 2. The maximum atomic E-state index is 13.8. The predicted molar refractivity (Wildman–Crippen MR) is 81.2 cm³/mol. The third-order valence-corrected chi connectivity index (χ3v) is 3.69. The van der Waals surface area contributed by atoms with Gasteiger partial charge in [-0.15, -0.1) is 0 Å². The van der Waals surface area contributed by atoms with Crippen LogP contribution in [0.15, 0.2) is 48.5 Å². The molecule has 21 heavy (non-hydrogen) atoms. The molecule has 0 bridgehead atoms. The van der Waals surface area contributed by atoms with Gasteiger partial charge in [0.15, 0.2) is 0 Å². The van der Waals surface area contributed by atoms with E-state index in [0.29, 0.717) is 17.4 Å². The summed E-state index contributed by atoms with van der Waals surface area (Å²) >= 11 is 0. The van der Waals surface area contributed by atoms with E-state index in [4.69, 9.17) is 0 Å². The van der Waals surface area contributed by atoms with E-state index in [0.717, 1.165) is 29.6 Å². The lowest BCUT2D eigenvalue weighted by atomic mass is 10.2. The van der Waals surface area contributed by atoms with E-state index in [2.05, 4.69) is 15.3 Å². The lowest BCUT2D eigenvalue weighted by Gasteiger charge is -2.11. The first-order chi connectivity index (χ1) is 10.3. The zero-order valence-electron chi connectivity index (χ0n) is 11.4. The Morgan fingerprint density at radius 1 is 0.952 bits per heavy atom. The van der Waals surface area contributed by atoms with Gasteiger partial charge in [-0.25, -0.2) is 14.4 Å². The quantitative estimate of drug-likeness (QED) is 0.772. The summed E-state index contributed by atoms with van der Waals surface area (Å²) in [5, 5.41) is 4.02. The van der Waals surface area contributed by atoms with Gasteiger partial charge in [-0.05, 0) is 37.1 Å². The molecular formula is C17H14FN3. The van der Waals surface area contributed by atoms with Crippen LogP contribution < -0.4 is 5.32 Å². The van der Waals surface area contributed by atoms with Gasteiger partial charge in [0.1, 0.15) is 17.5 Å². The second-order valence-electron chi connectivity index (χ2n) is 5.33. The number of anilines is 2. The first-order valence-corrected chi connectivity index (χ1v) is 7.09. The molecule has 104 valence electrons. The number of nitrogens with zero attached hydrogens (tertiary/aromatic N) is 2. The molecule has 2 aromatic carbocycles. The van der Waals surface area contributed by atoms with Crippen molar-refractivity contribution >= 4 is 22.4 Å². The number of fused-ring (bicyclic) bond motifs is 1. The van der Waals surface area contributed by atoms with Crippen molar-refractivity contribution in [3.05, 3.63) is 60.2 Å². The standard InChI is InChI=1S/C17H14FN3/c18-13-6-2-4-8-15(13)20-17-12-5-1-3-7-14(12)19-16(21-17)11-9-10-11/h1-8,11H,9-10H2,(H,19,20,21). The van der Waals surface area contributed by atoms with Crippen molar-refractivity contribution in [1.29, 1.82) is 0 Å². The summed E-state index contributed by atoms with van der Waals surface area (Å²) in [6.07, 6.45) is 2.27. The van der Waals surface area contributed by atoms with Gasteiger partial charge in [0.05, 0.1) is 11.2 Å². The molecule has 0 amide bonds. The van der Waals surface area contributed by atoms with Crippen LogP contribution in [0.5, 0.6) is 0 Å². The summed E-state index contributed by atoms with van der Waals surface area (Å²) in [5.74, 6) is 1.70. The van der Waals surface area contributed by atoms with Crippen molar-refractivity contribution in [2.75, 3.05) is 5.32 Å². The molecule has 0 radical (unpaired) electrons. The number of hydrogen-bond acceptors (Lipinski definition) is 3. The predicted octanol–water partition coefficient (Wildman–Crippen LogP) is 4.39. The molecule has 0 aliphatic heterocycles. The minimum absolute atomic E-state index is 0.284. The second-order valence-corrected chi connectivity index (χ2v) is 5.33. The Bertz CT molecular complexity index is 812. The van der Waals surface area contributed by atoms with Crippen molar-refractivity contribution in [2.45, 2.75) is 18.8 Å². The van der Waals surface area contributed by atoms with Gasteiger partial charge in [-0.1, -0.05) is 24.3 Å². The molecule has 1 N–H and O–H groups in total. The average molecular weight is 279 g/mol. The summed E-state index contributed by atoms with van der Waals surface area (Å²) in [7, 11) is 0. The molecule has 1 aliphatic rings. The van der Waals surface area contributed by atoms with Crippen molar-refractivity contribution in [3.8, 4) is 0 Å². The molecule has 1 aromatic heterocycles. The lowest BCUT2D eigenvalue weighted by molar-refractivity contribution is 0.632. The van der Waals surface area contributed by atoms with Crippen molar-refractivity contribution in [1.82, 2.24) is 9.97 Å². The molecule has 1 heterocycles. The molecule has 1 fully saturated rings. The smallest absolute Gasteiger partial charge is 0.146 e. The van der Waals surface area contributed by atoms with Crippen LogP contribution in [0.25, 0.3) is 10.9 Å². The van der Waals surface area contributed by atoms with E-state index in [1.54, 1.807) is 18.2 Å². The van der Waals surface area contributed by atoms with E-state index in [1.807, 2.05) is 24.3 Å². The Balaban J connectivity index is 1.84. The fraction of sp³-hybridized carbons (Fsp3) is 0.176. The summed E-state index contributed by atoms with van der Waals surface area (Å²) in [6.45, 7) is 0. The van der Waals surface area contributed by atoms with Gasteiger partial charge in [0.2, 0.25) is 0 Å². The number of halogens is 1. The van der Waals surface area contributed by atoms with Crippen LogP contribution in [0, 0.1) is 5.82 Å². The molecule has 0 unspecified atom stereocenters.